The Kier molecular flexibility index (Phi) is 4.44. The molecule has 140 valence electrons. The minimum atomic E-state index is -0.274. The van der Waals surface area contributed by atoms with Gasteiger partial charge in [0.05, 0.1) is 17.6 Å². The van der Waals surface area contributed by atoms with Crippen molar-refractivity contribution in [3.8, 4) is 17.0 Å². The molecule has 1 aliphatic carbocycles. The predicted octanol–water partition coefficient (Wildman–Crippen LogP) is 5.23. The first-order valence-electron chi connectivity index (χ1n) is 9.12. The molecule has 0 N–H and O–H groups in total. The number of halogens is 1. The molecule has 0 spiro atoms. The topological polar surface area (TPSA) is 56.7 Å². The molecule has 4 aromatic rings. The third-order valence-corrected chi connectivity index (χ3v) is 5.40. The Hall–Kier alpha value is -2.93. The van der Waals surface area contributed by atoms with Gasteiger partial charge in [0, 0.05) is 11.5 Å². The van der Waals surface area contributed by atoms with Crippen LogP contribution in [0.2, 0.25) is 0 Å². The quantitative estimate of drug-likeness (QED) is 0.421. The van der Waals surface area contributed by atoms with Crippen molar-refractivity contribution in [1.29, 1.82) is 0 Å². The third kappa shape index (κ3) is 3.57. The summed E-state index contributed by atoms with van der Waals surface area (Å²) in [6, 6.07) is 16.3. The number of benzene rings is 2. The molecule has 2 aromatic heterocycles. The van der Waals surface area contributed by atoms with Crippen LogP contribution in [-0.4, -0.2) is 19.7 Å². The number of hydrogen-bond acceptors (Lipinski definition) is 5. The van der Waals surface area contributed by atoms with Crippen molar-refractivity contribution in [2.24, 2.45) is 0 Å². The fourth-order valence-electron chi connectivity index (χ4n) is 2.99. The molecule has 0 atom stereocenters. The lowest BCUT2D eigenvalue weighted by Crippen LogP contribution is -2.01. The number of nitrogens with zero attached hydrogens (tertiary/aromatic N) is 4. The maximum absolute atomic E-state index is 13.1. The Morgan fingerprint density at radius 1 is 1.07 bits per heavy atom. The van der Waals surface area contributed by atoms with E-state index in [9.17, 15) is 4.39 Å². The van der Waals surface area contributed by atoms with Gasteiger partial charge in [0.25, 0.3) is 5.22 Å². The number of para-hydroxylation sites is 1. The van der Waals surface area contributed by atoms with Crippen molar-refractivity contribution >= 4 is 11.8 Å². The predicted molar refractivity (Wildman–Crippen MR) is 105 cm³/mol. The summed E-state index contributed by atoms with van der Waals surface area (Å²) >= 11 is 1.45. The molecule has 2 aromatic carbocycles. The van der Waals surface area contributed by atoms with Crippen LogP contribution in [0.1, 0.15) is 30.4 Å². The first-order chi connectivity index (χ1) is 13.8. The SMILES string of the molecule is Fc1ccc(-c2cnc(SCc3nc(C4CC4)n(-c4ccccc4)n3)o2)cc1. The lowest BCUT2D eigenvalue weighted by molar-refractivity contribution is 0.466. The molecule has 0 radical (unpaired) electrons. The van der Waals surface area contributed by atoms with Gasteiger partial charge < -0.3 is 4.42 Å². The molecule has 2 heterocycles. The summed E-state index contributed by atoms with van der Waals surface area (Å²) in [6.45, 7) is 0. The Balaban J connectivity index is 1.33. The Bertz CT molecular complexity index is 1090. The molecule has 7 heteroatoms. The van der Waals surface area contributed by atoms with E-state index in [0.29, 0.717) is 22.7 Å². The summed E-state index contributed by atoms with van der Waals surface area (Å²) < 4.78 is 20.8. The number of aromatic nitrogens is 4. The van der Waals surface area contributed by atoms with E-state index >= 15 is 0 Å². The largest absolute Gasteiger partial charge is 0.431 e. The van der Waals surface area contributed by atoms with Gasteiger partial charge in [-0.1, -0.05) is 30.0 Å². The molecule has 0 bridgehead atoms. The first kappa shape index (κ1) is 17.2. The number of hydrogen-bond donors (Lipinski definition) is 0. The van der Waals surface area contributed by atoms with Crippen molar-refractivity contribution in [2.45, 2.75) is 29.7 Å². The Morgan fingerprint density at radius 3 is 2.61 bits per heavy atom. The Morgan fingerprint density at radius 2 is 1.86 bits per heavy atom. The summed E-state index contributed by atoms with van der Waals surface area (Å²) in [6.07, 6.45) is 3.99. The molecular formula is C21H17FN4OS. The van der Waals surface area contributed by atoms with Crippen molar-refractivity contribution in [1.82, 2.24) is 19.7 Å². The van der Waals surface area contributed by atoms with Crippen molar-refractivity contribution in [2.75, 3.05) is 0 Å². The lowest BCUT2D eigenvalue weighted by atomic mass is 10.2. The minimum absolute atomic E-state index is 0.274. The Labute approximate surface area is 165 Å². The zero-order chi connectivity index (χ0) is 18.9. The molecule has 1 aliphatic rings. The lowest BCUT2D eigenvalue weighted by Gasteiger charge is -2.03. The molecular weight excluding hydrogens is 375 g/mol. The van der Waals surface area contributed by atoms with Gasteiger partial charge in [-0.3, -0.25) is 0 Å². The maximum Gasteiger partial charge on any atom is 0.256 e. The highest BCUT2D eigenvalue weighted by Gasteiger charge is 2.30. The summed E-state index contributed by atoms with van der Waals surface area (Å²) in [7, 11) is 0. The van der Waals surface area contributed by atoms with E-state index in [1.807, 2.05) is 35.0 Å². The van der Waals surface area contributed by atoms with Crippen LogP contribution in [0.5, 0.6) is 0 Å². The van der Waals surface area contributed by atoms with Gasteiger partial charge in [-0.05, 0) is 49.2 Å². The van der Waals surface area contributed by atoms with Crippen LogP contribution < -0.4 is 0 Å². The van der Waals surface area contributed by atoms with Gasteiger partial charge in [-0.25, -0.2) is 19.0 Å². The van der Waals surface area contributed by atoms with Crippen molar-refractivity contribution in [3.05, 3.63) is 78.3 Å². The van der Waals surface area contributed by atoms with Crippen LogP contribution >= 0.6 is 11.8 Å². The van der Waals surface area contributed by atoms with E-state index < -0.39 is 0 Å². The monoisotopic (exact) mass is 392 g/mol. The molecule has 28 heavy (non-hydrogen) atoms. The normalized spacial score (nSPS) is 13.8. The smallest absolute Gasteiger partial charge is 0.256 e. The summed E-state index contributed by atoms with van der Waals surface area (Å²) in [5, 5.41) is 5.25. The molecule has 5 rings (SSSR count). The van der Waals surface area contributed by atoms with Gasteiger partial charge in [0.15, 0.2) is 11.6 Å². The second kappa shape index (κ2) is 7.24. The molecule has 0 unspecified atom stereocenters. The van der Waals surface area contributed by atoms with Crippen LogP contribution in [0.4, 0.5) is 4.39 Å². The molecule has 0 aliphatic heterocycles. The van der Waals surface area contributed by atoms with E-state index in [2.05, 4.69) is 4.98 Å². The molecule has 1 saturated carbocycles. The minimum Gasteiger partial charge on any atom is -0.431 e. The van der Waals surface area contributed by atoms with Crippen LogP contribution in [0.15, 0.2) is 70.4 Å². The third-order valence-electron chi connectivity index (χ3n) is 4.56. The molecule has 5 nitrogen and oxygen atoms in total. The highest BCUT2D eigenvalue weighted by molar-refractivity contribution is 7.98. The van der Waals surface area contributed by atoms with Crippen LogP contribution in [-0.2, 0) is 5.75 Å². The second-order valence-electron chi connectivity index (χ2n) is 6.69. The van der Waals surface area contributed by atoms with Crippen LogP contribution in [0, 0.1) is 5.82 Å². The van der Waals surface area contributed by atoms with Gasteiger partial charge in [0.1, 0.15) is 11.6 Å². The standard InChI is InChI=1S/C21H17FN4OS/c22-16-10-8-14(9-11-16)18-12-23-21(27-18)28-13-19-24-20(15-6-7-15)26(25-19)17-4-2-1-3-5-17/h1-5,8-12,15H,6-7,13H2. The highest BCUT2D eigenvalue weighted by Crippen LogP contribution is 2.40. The maximum atomic E-state index is 13.1. The fourth-order valence-corrected chi connectivity index (χ4v) is 3.64. The van der Waals surface area contributed by atoms with E-state index in [0.717, 1.165) is 22.9 Å². The van der Waals surface area contributed by atoms with Gasteiger partial charge >= 0.3 is 0 Å². The van der Waals surface area contributed by atoms with Gasteiger partial charge in [0.2, 0.25) is 0 Å². The van der Waals surface area contributed by atoms with Crippen molar-refractivity contribution < 1.29 is 8.81 Å². The summed E-state index contributed by atoms with van der Waals surface area (Å²) in [5.41, 5.74) is 1.83. The zero-order valence-electron chi connectivity index (χ0n) is 15.0. The number of rotatable bonds is 6. The first-order valence-corrected chi connectivity index (χ1v) is 10.1. The van der Waals surface area contributed by atoms with E-state index in [1.54, 1.807) is 18.3 Å². The fraction of sp³-hybridized carbons (Fsp3) is 0.190. The second-order valence-corrected chi connectivity index (χ2v) is 7.62. The number of oxazole rings is 1. The van der Waals surface area contributed by atoms with E-state index in [-0.39, 0.29) is 5.82 Å². The van der Waals surface area contributed by atoms with Crippen molar-refractivity contribution in [3.63, 3.8) is 0 Å². The molecule has 0 saturated heterocycles. The number of thioether (sulfide) groups is 1. The highest BCUT2D eigenvalue weighted by atomic mass is 32.2. The van der Waals surface area contributed by atoms with Crippen LogP contribution in [0.3, 0.4) is 0 Å². The molecule has 0 amide bonds. The summed E-state index contributed by atoms with van der Waals surface area (Å²) in [4.78, 5) is 9.06. The van der Waals surface area contributed by atoms with Crippen LogP contribution in [0.25, 0.3) is 17.0 Å². The summed E-state index contributed by atoms with van der Waals surface area (Å²) in [5.74, 6) is 3.20. The average Bonchev–Trinajstić information content (AvgIpc) is 3.31. The van der Waals surface area contributed by atoms with E-state index in [1.165, 1.54) is 36.7 Å². The zero-order valence-corrected chi connectivity index (χ0v) is 15.8. The van der Waals surface area contributed by atoms with Gasteiger partial charge in [-0.15, -0.1) is 0 Å². The van der Waals surface area contributed by atoms with E-state index in [4.69, 9.17) is 14.5 Å². The molecule has 1 fully saturated rings. The average molecular weight is 392 g/mol. The van der Waals surface area contributed by atoms with Gasteiger partial charge in [-0.2, -0.15) is 5.10 Å².